The molecular formula is C37H44O. The lowest BCUT2D eigenvalue weighted by Gasteiger charge is -2.34. The maximum absolute atomic E-state index is 6.40. The van der Waals surface area contributed by atoms with E-state index < -0.39 is 0 Å². The second-order valence-corrected chi connectivity index (χ2v) is 11.4. The summed E-state index contributed by atoms with van der Waals surface area (Å²) in [5.74, 6) is 0.993. The molecule has 0 heterocycles. The van der Waals surface area contributed by atoms with Crippen LogP contribution in [-0.2, 0) is 12.0 Å². The zero-order valence-electron chi connectivity index (χ0n) is 23.7. The van der Waals surface area contributed by atoms with Crippen LogP contribution in [0.4, 0.5) is 0 Å². The third-order valence-electron chi connectivity index (χ3n) is 8.61. The van der Waals surface area contributed by atoms with E-state index >= 15 is 0 Å². The van der Waals surface area contributed by atoms with Crippen LogP contribution in [-0.4, -0.2) is 0 Å². The highest BCUT2D eigenvalue weighted by atomic mass is 16.5. The predicted octanol–water partition coefficient (Wildman–Crippen LogP) is 10.9. The lowest BCUT2D eigenvalue weighted by molar-refractivity contribution is 0.304. The molecule has 0 saturated heterocycles. The quantitative estimate of drug-likeness (QED) is 0.164. The number of fused-ring (bicyclic) bond motifs is 5. The molecule has 1 nitrogen and oxygen atoms in total. The van der Waals surface area contributed by atoms with Gasteiger partial charge < -0.3 is 4.74 Å². The highest BCUT2D eigenvalue weighted by molar-refractivity contribution is 5.98. The molecule has 0 aromatic heterocycles. The van der Waals surface area contributed by atoms with Crippen LogP contribution < -0.4 is 4.74 Å². The Bertz CT molecular complexity index is 1340. The minimum atomic E-state index is 0.0486. The normalized spacial score (nSPS) is 13.4. The summed E-state index contributed by atoms with van der Waals surface area (Å²) in [6.45, 7) is 7.44. The fourth-order valence-electron chi connectivity index (χ4n) is 6.66. The van der Waals surface area contributed by atoms with Crippen molar-refractivity contribution in [3.05, 3.63) is 101 Å². The van der Waals surface area contributed by atoms with Gasteiger partial charge in [0.2, 0.25) is 0 Å². The summed E-state index contributed by atoms with van der Waals surface area (Å²) in [6.07, 6.45) is 12.8. The molecule has 0 amide bonds. The smallest absolute Gasteiger partial charge is 0.120 e. The van der Waals surface area contributed by atoms with Crippen LogP contribution in [0.25, 0.3) is 21.9 Å². The molecular weight excluding hydrogens is 460 g/mol. The molecule has 0 bridgehead atoms. The number of rotatable bonds is 13. The lowest BCUT2D eigenvalue weighted by atomic mass is 9.69. The van der Waals surface area contributed by atoms with Crippen LogP contribution in [0, 0.1) is 6.92 Å². The molecule has 4 aromatic rings. The monoisotopic (exact) mass is 504 g/mol. The van der Waals surface area contributed by atoms with Crippen molar-refractivity contribution in [2.24, 2.45) is 0 Å². The molecule has 0 spiro atoms. The van der Waals surface area contributed by atoms with Gasteiger partial charge in [-0.1, -0.05) is 138 Å². The summed E-state index contributed by atoms with van der Waals surface area (Å²) in [4.78, 5) is 0. The summed E-state index contributed by atoms with van der Waals surface area (Å²) in [5, 5.41) is 2.82. The van der Waals surface area contributed by atoms with E-state index in [0.717, 1.165) is 5.75 Å². The zero-order valence-corrected chi connectivity index (χ0v) is 23.7. The molecule has 198 valence electrons. The average molecular weight is 505 g/mol. The van der Waals surface area contributed by atoms with Crippen molar-refractivity contribution in [2.45, 2.75) is 97.0 Å². The van der Waals surface area contributed by atoms with E-state index in [-0.39, 0.29) is 5.41 Å². The largest absolute Gasteiger partial charge is 0.489 e. The lowest BCUT2D eigenvalue weighted by Crippen LogP contribution is -2.26. The van der Waals surface area contributed by atoms with Crippen molar-refractivity contribution >= 4 is 10.8 Å². The third-order valence-corrected chi connectivity index (χ3v) is 8.61. The number of ether oxygens (including phenoxy) is 1. The molecule has 1 aliphatic rings. The molecule has 0 unspecified atom stereocenters. The van der Waals surface area contributed by atoms with Gasteiger partial charge in [-0.3, -0.25) is 0 Å². The van der Waals surface area contributed by atoms with Crippen molar-refractivity contribution in [1.29, 1.82) is 0 Å². The Labute approximate surface area is 230 Å². The highest BCUT2D eigenvalue weighted by Crippen LogP contribution is 2.57. The number of aryl methyl sites for hydroxylation is 1. The molecule has 5 rings (SSSR count). The number of benzene rings is 4. The fraction of sp³-hybridized carbons (Fsp3) is 0.405. The van der Waals surface area contributed by atoms with E-state index in [1.165, 1.54) is 103 Å². The van der Waals surface area contributed by atoms with E-state index in [2.05, 4.69) is 99.6 Å². The van der Waals surface area contributed by atoms with E-state index in [1.807, 2.05) is 0 Å². The first-order chi connectivity index (χ1) is 18.7. The molecule has 0 saturated carbocycles. The van der Waals surface area contributed by atoms with Crippen LogP contribution in [0.1, 0.15) is 100 Å². The molecule has 38 heavy (non-hydrogen) atoms. The van der Waals surface area contributed by atoms with Gasteiger partial charge in [0.15, 0.2) is 0 Å². The molecule has 0 fully saturated rings. The summed E-state index contributed by atoms with van der Waals surface area (Å²) in [6, 6.07) is 29.3. The van der Waals surface area contributed by atoms with Crippen molar-refractivity contribution in [3.8, 4) is 16.9 Å². The summed E-state index contributed by atoms with van der Waals surface area (Å²) >= 11 is 0. The van der Waals surface area contributed by atoms with Gasteiger partial charge in [0, 0.05) is 5.41 Å². The third kappa shape index (κ3) is 5.39. The maximum Gasteiger partial charge on any atom is 0.120 e. The van der Waals surface area contributed by atoms with Gasteiger partial charge in [-0.05, 0) is 70.5 Å². The first kappa shape index (κ1) is 26.5. The number of unbranched alkanes of at least 4 members (excludes halogenated alkanes) is 6. The van der Waals surface area contributed by atoms with Gasteiger partial charge in [0.1, 0.15) is 12.4 Å². The summed E-state index contributed by atoms with van der Waals surface area (Å²) in [7, 11) is 0. The summed E-state index contributed by atoms with van der Waals surface area (Å²) < 4.78 is 6.40. The van der Waals surface area contributed by atoms with Gasteiger partial charge in [0.25, 0.3) is 0 Å². The molecule has 0 N–H and O–H groups in total. The Balaban J connectivity index is 1.60. The Morgan fingerprint density at radius 3 is 2.08 bits per heavy atom. The molecule has 4 aromatic carbocycles. The van der Waals surface area contributed by atoms with Gasteiger partial charge >= 0.3 is 0 Å². The fourth-order valence-corrected chi connectivity index (χ4v) is 6.66. The van der Waals surface area contributed by atoms with Gasteiger partial charge in [-0.2, -0.15) is 0 Å². The van der Waals surface area contributed by atoms with Crippen molar-refractivity contribution < 1.29 is 4.74 Å². The molecule has 1 aliphatic carbocycles. The predicted molar refractivity (Wildman–Crippen MR) is 163 cm³/mol. The highest BCUT2D eigenvalue weighted by Gasteiger charge is 2.43. The van der Waals surface area contributed by atoms with Crippen LogP contribution in [0.2, 0.25) is 0 Å². The second-order valence-electron chi connectivity index (χ2n) is 11.4. The van der Waals surface area contributed by atoms with E-state index in [1.54, 1.807) is 5.56 Å². The van der Waals surface area contributed by atoms with Crippen LogP contribution in [0.3, 0.4) is 0 Å². The van der Waals surface area contributed by atoms with Crippen LogP contribution in [0.5, 0.6) is 5.75 Å². The first-order valence-corrected chi connectivity index (χ1v) is 15.0. The van der Waals surface area contributed by atoms with Crippen LogP contribution >= 0.6 is 0 Å². The van der Waals surface area contributed by atoms with Gasteiger partial charge in [-0.25, -0.2) is 0 Å². The van der Waals surface area contributed by atoms with Crippen molar-refractivity contribution in [2.75, 3.05) is 0 Å². The number of hydrogen-bond acceptors (Lipinski definition) is 1. The Morgan fingerprint density at radius 1 is 0.658 bits per heavy atom. The van der Waals surface area contributed by atoms with Crippen molar-refractivity contribution in [1.82, 2.24) is 0 Å². The SMILES string of the molecule is CCCCCCC1(CCCCCC)c2cc(OCc3ccccc3)ccc2-c2ccc3cc(C)ccc3c21. The molecule has 0 atom stereocenters. The standard InChI is InChI=1S/C37H44O/c1-4-6-8-13-23-37(24-14-9-7-5-2)35-26-31(38-27-29-15-11-10-12-16-29)19-22-33(35)34-21-18-30-25-28(3)17-20-32(30)36(34)37/h10-12,15-22,25-26H,4-9,13-14,23-24,27H2,1-3H3. The van der Waals surface area contributed by atoms with E-state index in [4.69, 9.17) is 4.74 Å². The minimum Gasteiger partial charge on any atom is -0.489 e. The van der Waals surface area contributed by atoms with Gasteiger partial charge in [0.05, 0.1) is 0 Å². The molecule has 0 aliphatic heterocycles. The van der Waals surface area contributed by atoms with Gasteiger partial charge in [-0.15, -0.1) is 0 Å². The van der Waals surface area contributed by atoms with Crippen LogP contribution in [0.15, 0.2) is 78.9 Å². The number of hydrogen-bond donors (Lipinski definition) is 0. The minimum absolute atomic E-state index is 0.0486. The summed E-state index contributed by atoms with van der Waals surface area (Å²) in [5.41, 5.74) is 8.53. The second kappa shape index (κ2) is 12.2. The Kier molecular flexibility index (Phi) is 8.52. The molecule has 1 heteroatoms. The van der Waals surface area contributed by atoms with E-state index in [9.17, 15) is 0 Å². The average Bonchev–Trinajstić information content (AvgIpc) is 3.22. The zero-order chi connectivity index (χ0) is 26.4. The van der Waals surface area contributed by atoms with E-state index in [0.29, 0.717) is 6.61 Å². The Morgan fingerprint density at radius 2 is 1.37 bits per heavy atom. The molecule has 0 radical (unpaired) electrons. The Hall–Kier alpha value is -3.06. The maximum atomic E-state index is 6.40. The first-order valence-electron chi connectivity index (χ1n) is 15.0. The van der Waals surface area contributed by atoms with Crippen molar-refractivity contribution in [3.63, 3.8) is 0 Å². The topological polar surface area (TPSA) is 9.23 Å².